The first-order chi connectivity index (χ1) is 6.18. The topological polar surface area (TPSA) is 48.1 Å². The van der Waals surface area contributed by atoms with Gasteiger partial charge in [0.1, 0.15) is 0 Å². The van der Waals surface area contributed by atoms with Crippen LogP contribution in [0.4, 0.5) is 5.69 Å². The molecule has 0 aliphatic heterocycles. The Morgan fingerprint density at radius 1 is 1.38 bits per heavy atom. The van der Waals surface area contributed by atoms with Crippen molar-refractivity contribution in [2.45, 2.75) is 0 Å². The van der Waals surface area contributed by atoms with Gasteiger partial charge in [-0.1, -0.05) is 0 Å². The number of hydrogen-bond acceptors (Lipinski definition) is 2. The number of aromatic nitrogens is 1. The van der Waals surface area contributed by atoms with Crippen LogP contribution in [-0.2, 0) is 0 Å². The normalized spacial score (nSPS) is 10.5. The minimum Gasteiger partial charge on any atom is -0.260 e. The molecule has 0 aliphatic rings. The molecule has 0 saturated heterocycles. The fraction of sp³-hybridized carbons (Fsp3) is 0. The number of nitro benzene ring substituents is 1. The molecule has 0 N–H and O–H groups in total. The highest BCUT2D eigenvalue weighted by atomic mass is 35.5. The van der Waals surface area contributed by atoms with Crippen molar-refractivity contribution in [3.63, 3.8) is 0 Å². The summed E-state index contributed by atoms with van der Waals surface area (Å²) in [4.78, 5) is 9.99. The molecule has 0 amide bonds. The number of rotatable bonds is 1. The van der Waals surface area contributed by atoms with Crippen LogP contribution in [0.25, 0.3) is 10.9 Å². The van der Waals surface area contributed by atoms with Gasteiger partial charge in [-0.25, -0.2) is 0 Å². The predicted molar refractivity (Wildman–Crippen MR) is 49.8 cm³/mol. The number of hydrogen-bond donors (Lipinski definition) is 0. The summed E-state index contributed by atoms with van der Waals surface area (Å²) in [5.41, 5.74) is 0.850. The molecular formula is C8H5ClN2O2. The van der Waals surface area contributed by atoms with E-state index >= 15 is 0 Å². The van der Waals surface area contributed by atoms with E-state index in [4.69, 9.17) is 11.8 Å². The summed E-state index contributed by atoms with van der Waals surface area (Å²) in [7, 11) is 0. The Balaban J connectivity index is 2.70. The molecule has 4 nitrogen and oxygen atoms in total. The standard InChI is InChI=1S/C8H5ClN2O2/c9-10-4-3-6-5-7(11(12)13)1-2-8(6)10/h1-5H. The van der Waals surface area contributed by atoms with Crippen molar-refractivity contribution < 1.29 is 4.92 Å². The molecule has 0 spiro atoms. The van der Waals surface area contributed by atoms with E-state index in [-0.39, 0.29) is 5.69 Å². The number of benzene rings is 1. The third-order valence-electron chi connectivity index (χ3n) is 1.84. The SMILES string of the molecule is O=[N+]([O-])c1ccc2c(ccn2Cl)c1. The molecule has 13 heavy (non-hydrogen) atoms. The lowest BCUT2D eigenvalue weighted by atomic mass is 10.2. The zero-order chi connectivity index (χ0) is 9.42. The van der Waals surface area contributed by atoms with Gasteiger partial charge in [0.25, 0.3) is 5.69 Å². The van der Waals surface area contributed by atoms with Gasteiger partial charge in [-0.3, -0.25) is 14.2 Å². The van der Waals surface area contributed by atoms with Crippen LogP contribution in [0.3, 0.4) is 0 Å². The molecule has 66 valence electrons. The first-order valence-corrected chi connectivity index (χ1v) is 3.94. The van der Waals surface area contributed by atoms with Crippen LogP contribution in [0.2, 0.25) is 0 Å². The third-order valence-corrected chi connectivity index (χ3v) is 2.13. The van der Waals surface area contributed by atoms with Crippen molar-refractivity contribution in [2.24, 2.45) is 0 Å². The smallest absolute Gasteiger partial charge is 0.260 e. The van der Waals surface area contributed by atoms with E-state index in [0.717, 1.165) is 10.9 Å². The fourth-order valence-electron chi connectivity index (χ4n) is 1.21. The predicted octanol–water partition coefficient (Wildman–Crippen LogP) is 2.55. The minimum absolute atomic E-state index is 0.0790. The maximum Gasteiger partial charge on any atom is 0.270 e. The Bertz CT molecular complexity index is 478. The van der Waals surface area contributed by atoms with Gasteiger partial charge in [0.2, 0.25) is 0 Å². The van der Waals surface area contributed by atoms with Crippen LogP contribution in [0.5, 0.6) is 0 Å². The van der Waals surface area contributed by atoms with Gasteiger partial charge in [0, 0.05) is 35.5 Å². The third kappa shape index (κ3) is 1.25. The Morgan fingerprint density at radius 3 is 2.85 bits per heavy atom. The second kappa shape index (κ2) is 2.74. The summed E-state index contributed by atoms with van der Waals surface area (Å²) >= 11 is 5.75. The van der Waals surface area contributed by atoms with E-state index < -0.39 is 4.92 Å². The van der Waals surface area contributed by atoms with Gasteiger partial charge in [-0.05, 0) is 12.1 Å². The Kier molecular flexibility index (Phi) is 1.70. The second-order valence-corrected chi connectivity index (χ2v) is 2.99. The maximum atomic E-state index is 10.4. The Morgan fingerprint density at radius 2 is 2.15 bits per heavy atom. The molecule has 0 saturated carbocycles. The van der Waals surface area contributed by atoms with Crippen LogP contribution >= 0.6 is 11.8 Å². The summed E-state index contributed by atoms with van der Waals surface area (Å²) in [6.07, 6.45) is 1.65. The molecule has 0 fully saturated rings. The zero-order valence-electron chi connectivity index (χ0n) is 6.48. The number of non-ortho nitro benzene ring substituents is 1. The summed E-state index contributed by atoms with van der Waals surface area (Å²) in [6.45, 7) is 0. The first kappa shape index (κ1) is 8.07. The highest BCUT2D eigenvalue weighted by Crippen LogP contribution is 2.22. The van der Waals surface area contributed by atoms with E-state index in [1.54, 1.807) is 18.3 Å². The molecule has 0 aliphatic carbocycles. The van der Waals surface area contributed by atoms with Crippen molar-refractivity contribution in [1.82, 2.24) is 4.09 Å². The number of fused-ring (bicyclic) bond motifs is 1. The molecule has 1 heterocycles. The van der Waals surface area contributed by atoms with Crippen LogP contribution in [0.1, 0.15) is 0 Å². The van der Waals surface area contributed by atoms with Crippen LogP contribution in [0, 0.1) is 10.1 Å². The molecule has 1 aromatic heterocycles. The van der Waals surface area contributed by atoms with Gasteiger partial charge < -0.3 is 0 Å². The first-order valence-electron chi connectivity index (χ1n) is 3.60. The fourth-order valence-corrected chi connectivity index (χ4v) is 1.42. The van der Waals surface area contributed by atoms with Gasteiger partial charge in [0.15, 0.2) is 0 Å². The Hall–Kier alpha value is -1.55. The number of halogens is 1. The van der Waals surface area contributed by atoms with Crippen LogP contribution in [0.15, 0.2) is 30.5 Å². The van der Waals surface area contributed by atoms with E-state index in [9.17, 15) is 10.1 Å². The highest BCUT2D eigenvalue weighted by Gasteiger charge is 2.07. The van der Waals surface area contributed by atoms with Crippen molar-refractivity contribution in [2.75, 3.05) is 0 Å². The van der Waals surface area contributed by atoms with Gasteiger partial charge in [-0.15, -0.1) is 0 Å². The average Bonchev–Trinajstić information content (AvgIpc) is 2.47. The van der Waals surface area contributed by atoms with E-state index in [1.165, 1.54) is 16.2 Å². The highest BCUT2D eigenvalue weighted by molar-refractivity contribution is 6.19. The van der Waals surface area contributed by atoms with Crippen molar-refractivity contribution >= 4 is 28.4 Å². The zero-order valence-corrected chi connectivity index (χ0v) is 7.23. The average molecular weight is 197 g/mol. The molecule has 0 bridgehead atoms. The Labute approximate surface area is 78.6 Å². The van der Waals surface area contributed by atoms with Gasteiger partial charge in [-0.2, -0.15) is 0 Å². The molecule has 0 unspecified atom stereocenters. The summed E-state index contributed by atoms with van der Waals surface area (Å²) in [5.74, 6) is 0. The van der Waals surface area contributed by atoms with Crippen molar-refractivity contribution in [3.05, 3.63) is 40.6 Å². The number of nitrogens with zero attached hydrogens (tertiary/aromatic N) is 2. The van der Waals surface area contributed by atoms with Gasteiger partial charge in [0.05, 0.1) is 10.4 Å². The lowest BCUT2D eigenvalue weighted by molar-refractivity contribution is -0.384. The summed E-state index contributed by atoms with van der Waals surface area (Å²) in [5, 5.41) is 11.2. The van der Waals surface area contributed by atoms with Crippen molar-refractivity contribution in [3.8, 4) is 0 Å². The van der Waals surface area contributed by atoms with Gasteiger partial charge >= 0.3 is 0 Å². The van der Waals surface area contributed by atoms with E-state index in [2.05, 4.69) is 0 Å². The van der Waals surface area contributed by atoms with Crippen LogP contribution < -0.4 is 0 Å². The van der Waals surface area contributed by atoms with Crippen LogP contribution in [-0.4, -0.2) is 9.01 Å². The molecule has 5 heteroatoms. The summed E-state index contributed by atoms with van der Waals surface area (Å²) in [6, 6.07) is 6.28. The van der Waals surface area contributed by atoms with Crippen molar-refractivity contribution in [1.29, 1.82) is 0 Å². The number of nitro groups is 1. The molecule has 0 atom stereocenters. The largest absolute Gasteiger partial charge is 0.270 e. The summed E-state index contributed by atoms with van der Waals surface area (Å²) < 4.78 is 1.40. The quantitative estimate of drug-likeness (QED) is 0.520. The molecule has 1 aromatic carbocycles. The monoisotopic (exact) mass is 196 g/mol. The molecule has 2 aromatic rings. The second-order valence-electron chi connectivity index (χ2n) is 2.63. The molecule has 0 radical (unpaired) electrons. The maximum absolute atomic E-state index is 10.4. The molecular weight excluding hydrogens is 192 g/mol. The lowest BCUT2D eigenvalue weighted by Gasteiger charge is -1.93. The van der Waals surface area contributed by atoms with E-state index in [0.29, 0.717) is 0 Å². The lowest BCUT2D eigenvalue weighted by Crippen LogP contribution is -1.86. The minimum atomic E-state index is -0.426. The molecule has 2 rings (SSSR count). The van der Waals surface area contributed by atoms with E-state index in [1.807, 2.05) is 0 Å².